The number of carboxylic acids is 1. The molecule has 25 heavy (non-hydrogen) atoms. The van der Waals surface area contributed by atoms with Crippen LogP contribution < -0.4 is 10.2 Å². The van der Waals surface area contributed by atoms with E-state index in [0.29, 0.717) is 23.7 Å². The van der Waals surface area contributed by atoms with E-state index in [4.69, 9.17) is 16.7 Å². The largest absolute Gasteiger partial charge is 0.476 e. The molecule has 1 fully saturated rings. The molecule has 0 bridgehead atoms. The molecule has 1 aromatic carbocycles. The lowest BCUT2D eigenvalue weighted by molar-refractivity contribution is -0.127. The Labute approximate surface area is 147 Å². The van der Waals surface area contributed by atoms with Crippen LogP contribution in [0.5, 0.6) is 0 Å². The van der Waals surface area contributed by atoms with Crippen molar-refractivity contribution in [2.45, 2.75) is 19.0 Å². The molecule has 1 aromatic heterocycles. The normalized spacial score (nSPS) is 16.9. The van der Waals surface area contributed by atoms with Gasteiger partial charge in [-0.05, 0) is 24.6 Å². The summed E-state index contributed by atoms with van der Waals surface area (Å²) in [5.41, 5.74) is 0.425. The number of carbonyl (C=O) groups is 3. The number of carboxylic acid groups (broad SMARTS) is 1. The van der Waals surface area contributed by atoms with Crippen molar-refractivity contribution in [2.24, 2.45) is 0 Å². The van der Waals surface area contributed by atoms with E-state index in [-0.39, 0.29) is 18.1 Å². The van der Waals surface area contributed by atoms with Crippen LogP contribution in [0.3, 0.4) is 0 Å². The Morgan fingerprint density at radius 2 is 2.20 bits per heavy atom. The zero-order chi connectivity index (χ0) is 18.0. The number of halogens is 1. The molecule has 1 aliphatic heterocycles. The Bertz CT molecular complexity index is 837. The molecule has 1 unspecified atom stereocenters. The lowest BCUT2D eigenvalue weighted by Crippen LogP contribution is -2.42. The molecule has 1 atom stereocenters. The van der Waals surface area contributed by atoms with Gasteiger partial charge in [0.15, 0.2) is 5.69 Å². The predicted molar refractivity (Wildman–Crippen MR) is 87.3 cm³/mol. The molecule has 2 aromatic rings. The number of carbonyl (C=O) groups excluding carboxylic acids is 2. The van der Waals surface area contributed by atoms with Crippen molar-refractivity contribution in [1.82, 2.24) is 20.3 Å². The lowest BCUT2D eigenvalue weighted by Gasteiger charge is -2.17. The molecule has 0 radical (unpaired) electrons. The number of hydrogen-bond acceptors (Lipinski definition) is 5. The average molecular weight is 364 g/mol. The van der Waals surface area contributed by atoms with Gasteiger partial charge in [0, 0.05) is 17.3 Å². The van der Waals surface area contributed by atoms with Gasteiger partial charge in [-0.25, -0.2) is 9.48 Å². The van der Waals surface area contributed by atoms with Gasteiger partial charge in [-0.2, -0.15) is 0 Å². The van der Waals surface area contributed by atoms with Gasteiger partial charge in [-0.1, -0.05) is 22.9 Å². The SMILES string of the molecule is O=C(Cn1cc(C(=O)O)nn1)NC1CCN(c2cccc(Cl)c2)C1=O. The Hall–Kier alpha value is -2.94. The summed E-state index contributed by atoms with van der Waals surface area (Å²) in [5, 5.41) is 18.9. The van der Waals surface area contributed by atoms with Crippen molar-refractivity contribution in [1.29, 1.82) is 0 Å². The third-order valence-corrected chi connectivity index (χ3v) is 3.96. The average Bonchev–Trinajstić information content (AvgIpc) is 3.15. The van der Waals surface area contributed by atoms with Crippen molar-refractivity contribution >= 4 is 35.1 Å². The van der Waals surface area contributed by atoms with Gasteiger partial charge in [-0.3, -0.25) is 9.59 Å². The first kappa shape index (κ1) is 16.9. The van der Waals surface area contributed by atoms with Crippen LogP contribution in [0.15, 0.2) is 30.5 Å². The van der Waals surface area contributed by atoms with Crippen molar-refractivity contribution < 1.29 is 19.5 Å². The highest BCUT2D eigenvalue weighted by Crippen LogP contribution is 2.24. The fraction of sp³-hybridized carbons (Fsp3) is 0.267. The van der Waals surface area contributed by atoms with Crippen LogP contribution in [0.2, 0.25) is 5.02 Å². The number of rotatable bonds is 5. The molecule has 0 spiro atoms. The van der Waals surface area contributed by atoms with Crippen molar-refractivity contribution in [3.8, 4) is 0 Å². The Kier molecular flexibility index (Phi) is 4.66. The molecule has 1 aliphatic rings. The second-order valence-electron chi connectivity index (χ2n) is 5.49. The molecular formula is C15H14ClN5O4. The summed E-state index contributed by atoms with van der Waals surface area (Å²) >= 11 is 5.94. The van der Waals surface area contributed by atoms with Gasteiger partial charge in [-0.15, -0.1) is 5.10 Å². The molecule has 2 amide bonds. The minimum absolute atomic E-state index is 0.221. The van der Waals surface area contributed by atoms with Crippen molar-refractivity contribution in [2.75, 3.05) is 11.4 Å². The maximum absolute atomic E-state index is 12.5. The molecule has 9 nitrogen and oxygen atoms in total. The van der Waals surface area contributed by atoms with E-state index in [1.54, 1.807) is 29.2 Å². The Morgan fingerprint density at radius 3 is 2.88 bits per heavy atom. The molecule has 10 heteroatoms. The third-order valence-electron chi connectivity index (χ3n) is 3.72. The fourth-order valence-electron chi connectivity index (χ4n) is 2.58. The summed E-state index contributed by atoms with van der Waals surface area (Å²) < 4.78 is 1.10. The smallest absolute Gasteiger partial charge is 0.358 e. The molecule has 3 rings (SSSR count). The molecule has 130 valence electrons. The van der Waals surface area contributed by atoms with E-state index in [9.17, 15) is 14.4 Å². The number of aromatic carboxylic acids is 1. The number of nitrogens with zero attached hydrogens (tertiary/aromatic N) is 4. The predicted octanol–water partition coefficient (Wildman–Crippen LogP) is 0.551. The summed E-state index contributed by atoms with van der Waals surface area (Å²) in [6.07, 6.45) is 1.62. The van der Waals surface area contributed by atoms with Crippen LogP contribution in [0.25, 0.3) is 0 Å². The van der Waals surface area contributed by atoms with Gasteiger partial charge < -0.3 is 15.3 Å². The maximum atomic E-state index is 12.5. The first-order valence-electron chi connectivity index (χ1n) is 7.44. The fourth-order valence-corrected chi connectivity index (χ4v) is 2.76. The van der Waals surface area contributed by atoms with Gasteiger partial charge in [0.2, 0.25) is 11.8 Å². The summed E-state index contributed by atoms with van der Waals surface area (Å²) in [6.45, 7) is 0.248. The van der Waals surface area contributed by atoms with Crippen LogP contribution in [0.4, 0.5) is 5.69 Å². The van der Waals surface area contributed by atoms with Crippen LogP contribution in [0, 0.1) is 0 Å². The van der Waals surface area contributed by atoms with E-state index < -0.39 is 17.9 Å². The maximum Gasteiger partial charge on any atom is 0.358 e. The number of amides is 2. The number of aromatic nitrogens is 3. The van der Waals surface area contributed by atoms with Gasteiger partial charge in [0.1, 0.15) is 12.6 Å². The summed E-state index contributed by atoms with van der Waals surface area (Å²) in [7, 11) is 0. The highest BCUT2D eigenvalue weighted by molar-refractivity contribution is 6.31. The minimum Gasteiger partial charge on any atom is -0.476 e. The monoisotopic (exact) mass is 363 g/mol. The number of benzene rings is 1. The second kappa shape index (κ2) is 6.89. The highest BCUT2D eigenvalue weighted by Gasteiger charge is 2.33. The molecule has 2 heterocycles. The van der Waals surface area contributed by atoms with Gasteiger partial charge in [0.05, 0.1) is 6.20 Å². The Morgan fingerprint density at radius 1 is 1.40 bits per heavy atom. The van der Waals surface area contributed by atoms with Crippen LogP contribution >= 0.6 is 11.6 Å². The zero-order valence-corrected chi connectivity index (χ0v) is 13.7. The van der Waals surface area contributed by atoms with E-state index >= 15 is 0 Å². The zero-order valence-electron chi connectivity index (χ0n) is 12.9. The van der Waals surface area contributed by atoms with Gasteiger partial charge >= 0.3 is 5.97 Å². The first-order valence-corrected chi connectivity index (χ1v) is 7.81. The van der Waals surface area contributed by atoms with Crippen LogP contribution in [0.1, 0.15) is 16.9 Å². The molecule has 1 saturated heterocycles. The molecule has 0 aliphatic carbocycles. The topological polar surface area (TPSA) is 117 Å². The molecule has 2 N–H and O–H groups in total. The summed E-state index contributed by atoms with van der Waals surface area (Å²) in [5.74, 6) is -1.90. The number of anilines is 1. The van der Waals surface area contributed by atoms with Gasteiger partial charge in [0.25, 0.3) is 0 Å². The quantitative estimate of drug-likeness (QED) is 0.801. The molecular weight excluding hydrogens is 350 g/mol. The van der Waals surface area contributed by atoms with E-state index in [2.05, 4.69) is 15.6 Å². The van der Waals surface area contributed by atoms with E-state index in [0.717, 1.165) is 10.9 Å². The lowest BCUT2D eigenvalue weighted by atomic mass is 10.2. The minimum atomic E-state index is -1.23. The van der Waals surface area contributed by atoms with E-state index in [1.807, 2.05) is 0 Å². The van der Waals surface area contributed by atoms with Crippen LogP contribution in [-0.4, -0.2) is 50.5 Å². The number of hydrogen-bond donors (Lipinski definition) is 2. The molecule has 0 saturated carbocycles. The highest BCUT2D eigenvalue weighted by atomic mass is 35.5. The Balaban J connectivity index is 1.60. The standard InChI is InChI=1S/C15H14ClN5O4/c16-9-2-1-3-10(6-9)21-5-4-11(14(21)23)17-13(22)8-20-7-12(15(24)25)18-19-20/h1-3,6-7,11H,4-5,8H2,(H,17,22)(H,24,25). The van der Waals surface area contributed by atoms with Crippen LogP contribution in [-0.2, 0) is 16.1 Å². The number of nitrogens with one attached hydrogen (secondary N) is 1. The first-order chi connectivity index (χ1) is 11.9. The second-order valence-corrected chi connectivity index (χ2v) is 5.92. The summed E-state index contributed by atoms with van der Waals surface area (Å²) in [6, 6.07) is 6.29. The third kappa shape index (κ3) is 3.77. The summed E-state index contributed by atoms with van der Waals surface area (Å²) in [4.78, 5) is 36.8. The van der Waals surface area contributed by atoms with Crippen molar-refractivity contribution in [3.05, 3.63) is 41.2 Å². The van der Waals surface area contributed by atoms with E-state index in [1.165, 1.54) is 0 Å². The van der Waals surface area contributed by atoms with Crippen molar-refractivity contribution in [3.63, 3.8) is 0 Å².